The van der Waals surface area contributed by atoms with Crippen molar-refractivity contribution >= 4 is 22.5 Å². The quantitative estimate of drug-likeness (QED) is 0.447. The largest absolute Gasteiger partial charge is 0.317 e. The van der Waals surface area contributed by atoms with Gasteiger partial charge in [-0.25, -0.2) is 4.98 Å². The molecule has 0 bridgehead atoms. The van der Waals surface area contributed by atoms with Gasteiger partial charge in [0.15, 0.2) is 0 Å². The molecular weight excluding hydrogens is 226 g/mol. The molecule has 1 heterocycles. The number of pyridine rings is 1. The Balaban J connectivity index is 2.83. The maximum absolute atomic E-state index is 11.2. The number of nitro benzene ring substituents is 1. The molecule has 0 atom stereocenters. The second kappa shape index (κ2) is 4.05. The van der Waals surface area contributed by atoms with Crippen LogP contribution in [0.4, 0.5) is 5.69 Å². The molecule has 0 fully saturated rings. The standard InChI is InChI=1S/C10H5N3O4/c14-10(12-15)7-4-5-11-9-6(7)2-1-3-8(9)13(16)17/h1-5H. The molecule has 7 heteroatoms. The molecule has 2 rings (SSSR count). The van der Waals surface area contributed by atoms with Crippen molar-refractivity contribution in [2.75, 3.05) is 0 Å². The molecule has 0 aliphatic rings. The summed E-state index contributed by atoms with van der Waals surface area (Å²) in [5, 5.41) is 13.3. The molecule has 0 aliphatic heterocycles. The average Bonchev–Trinajstić information content (AvgIpc) is 2.36. The van der Waals surface area contributed by atoms with Crippen LogP contribution in [0.15, 0.2) is 35.6 Å². The summed E-state index contributed by atoms with van der Waals surface area (Å²) < 4.78 is 0. The highest BCUT2D eigenvalue weighted by Crippen LogP contribution is 2.25. The van der Waals surface area contributed by atoms with Crippen molar-refractivity contribution in [2.45, 2.75) is 0 Å². The van der Waals surface area contributed by atoms with Crippen LogP contribution in [0, 0.1) is 15.0 Å². The van der Waals surface area contributed by atoms with Crippen LogP contribution in [0.25, 0.3) is 10.9 Å². The maximum atomic E-state index is 11.2. The van der Waals surface area contributed by atoms with Crippen LogP contribution >= 0.6 is 0 Å². The van der Waals surface area contributed by atoms with E-state index in [1.165, 1.54) is 30.5 Å². The molecule has 0 saturated heterocycles. The smallest absolute Gasteiger partial charge is 0.263 e. The molecule has 2 aromatic rings. The summed E-state index contributed by atoms with van der Waals surface area (Å²) in [4.78, 5) is 35.4. The van der Waals surface area contributed by atoms with E-state index < -0.39 is 10.8 Å². The number of carbonyl (C=O) groups excluding carboxylic acids is 1. The summed E-state index contributed by atoms with van der Waals surface area (Å²) >= 11 is 0. The van der Waals surface area contributed by atoms with Crippen molar-refractivity contribution in [1.82, 2.24) is 4.98 Å². The molecule has 0 N–H and O–H groups in total. The number of fused-ring (bicyclic) bond motifs is 1. The van der Waals surface area contributed by atoms with Gasteiger partial charge in [0, 0.05) is 22.8 Å². The molecular formula is C10H5N3O4. The number of rotatable bonds is 2. The number of para-hydroxylation sites is 1. The van der Waals surface area contributed by atoms with E-state index in [-0.39, 0.29) is 22.2 Å². The Kier molecular flexibility index (Phi) is 2.57. The molecule has 1 aromatic heterocycles. The van der Waals surface area contributed by atoms with Crippen LogP contribution in [0.3, 0.4) is 0 Å². The van der Waals surface area contributed by atoms with Crippen LogP contribution in [0.5, 0.6) is 0 Å². The summed E-state index contributed by atoms with van der Waals surface area (Å²) in [7, 11) is 0. The fraction of sp³-hybridized carbons (Fsp3) is 0. The fourth-order valence-electron chi connectivity index (χ4n) is 1.54. The first-order valence-electron chi connectivity index (χ1n) is 4.55. The lowest BCUT2D eigenvalue weighted by Crippen LogP contribution is -1.98. The van der Waals surface area contributed by atoms with Gasteiger partial charge in [0.1, 0.15) is 5.52 Å². The average molecular weight is 231 g/mol. The monoisotopic (exact) mass is 231 g/mol. The van der Waals surface area contributed by atoms with Gasteiger partial charge in [-0.2, -0.15) is 0 Å². The van der Waals surface area contributed by atoms with Gasteiger partial charge in [0.05, 0.1) is 10.5 Å². The molecule has 17 heavy (non-hydrogen) atoms. The normalized spacial score (nSPS) is 10.1. The zero-order valence-corrected chi connectivity index (χ0v) is 8.36. The van der Waals surface area contributed by atoms with Crippen molar-refractivity contribution in [3.8, 4) is 0 Å². The molecule has 1 aromatic carbocycles. The van der Waals surface area contributed by atoms with Crippen LogP contribution in [-0.2, 0) is 0 Å². The van der Waals surface area contributed by atoms with E-state index in [0.29, 0.717) is 0 Å². The minimum absolute atomic E-state index is 0.00806. The molecule has 0 saturated carbocycles. The number of amides is 1. The number of non-ortho nitro benzene ring substituents is 1. The second-order valence-corrected chi connectivity index (χ2v) is 3.19. The zero-order valence-electron chi connectivity index (χ0n) is 8.36. The van der Waals surface area contributed by atoms with E-state index in [1.807, 2.05) is 0 Å². The highest BCUT2D eigenvalue weighted by Gasteiger charge is 2.17. The number of benzene rings is 1. The van der Waals surface area contributed by atoms with Crippen molar-refractivity contribution < 1.29 is 9.72 Å². The Morgan fingerprint density at radius 1 is 1.35 bits per heavy atom. The van der Waals surface area contributed by atoms with Gasteiger partial charge in [-0.1, -0.05) is 12.1 Å². The Morgan fingerprint density at radius 3 is 2.76 bits per heavy atom. The fourth-order valence-corrected chi connectivity index (χ4v) is 1.54. The first-order chi connectivity index (χ1) is 8.15. The van der Waals surface area contributed by atoms with Crippen molar-refractivity contribution in [2.24, 2.45) is 5.18 Å². The van der Waals surface area contributed by atoms with Crippen molar-refractivity contribution in [1.29, 1.82) is 0 Å². The van der Waals surface area contributed by atoms with Crippen LogP contribution < -0.4 is 0 Å². The Hall–Kier alpha value is -2.70. The van der Waals surface area contributed by atoms with Crippen LogP contribution in [0.1, 0.15) is 10.4 Å². The third-order valence-electron chi connectivity index (χ3n) is 2.26. The van der Waals surface area contributed by atoms with Crippen LogP contribution in [0.2, 0.25) is 0 Å². The van der Waals surface area contributed by atoms with Gasteiger partial charge in [0.2, 0.25) is 0 Å². The summed E-state index contributed by atoms with van der Waals surface area (Å²) in [5.41, 5.74) is -0.149. The van der Waals surface area contributed by atoms with Gasteiger partial charge in [-0.05, 0) is 6.07 Å². The Bertz CT molecular complexity index is 638. The summed E-state index contributed by atoms with van der Waals surface area (Å²) in [6, 6.07) is 5.48. The zero-order chi connectivity index (χ0) is 12.4. The molecule has 0 spiro atoms. The summed E-state index contributed by atoms with van der Waals surface area (Å²) in [6.45, 7) is 0. The lowest BCUT2D eigenvalue weighted by Gasteiger charge is -2.01. The van der Waals surface area contributed by atoms with E-state index in [9.17, 15) is 19.8 Å². The van der Waals surface area contributed by atoms with Gasteiger partial charge >= 0.3 is 5.91 Å². The van der Waals surface area contributed by atoms with Gasteiger partial charge in [0.25, 0.3) is 5.69 Å². The predicted molar refractivity (Wildman–Crippen MR) is 58.5 cm³/mol. The number of hydrogen-bond donors (Lipinski definition) is 0. The Labute approximate surface area is 94.2 Å². The third kappa shape index (κ3) is 1.73. The molecule has 0 radical (unpaired) electrons. The van der Waals surface area contributed by atoms with Crippen molar-refractivity contribution in [3.63, 3.8) is 0 Å². The molecule has 0 aliphatic carbocycles. The maximum Gasteiger partial charge on any atom is 0.317 e. The van der Waals surface area contributed by atoms with Crippen LogP contribution in [-0.4, -0.2) is 15.8 Å². The van der Waals surface area contributed by atoms with Gasteiger partial charge in [-0.15, -0.1) is 4.91 Å². The number of hydrogen-bond acceptors (Lipinski definition) is 5. The molecule has 7 nitrogen and oxygen atoms in total. The lowest BCUT2D eigenvalue weighted by atomic mass is 10.1. The number of nitrogens with zero attached hydrogens (tertiary/aromatic N) is 3. The predicted octanol–water partition coefficient (Wildman–Crippen LogP) is 2.05. The highest BCUT2D eigenvalue weighted by atomic mass is 16.6. The molecule has 1 amide bonds. The van der Waals surface area contributed by atoms with E-state index in [0.717, 1.165) is 0 Å². The molecule has 0 unspecified atom stereocenters. The minimum atomic E-state index is -0.974. The SMILES string of the molecule is O=NC(=O)c1ccnc2c([N+](=O)[O-])cccc12. The second-order valence-electron chi connectivity index (χ2n) is 3.19. The first kappa shape index (κ1) is 10.8. The van der Waals surface area contributed by atoms with E-state index in [4.69, 9.17) is 0 Å². The van der Waals surface area contributed by atoms with E-state index in [2.05, 4.69) is 10.2 Å². The summed E-state index contributed by atoms with van der Waals surface area (Å²) in [6.07, 6.45) is 1.23. The summed E-state index contributed by atoms with van der Waals surface area (Å²) in [5.74, 6) is -0.974. The van der Waals surface area contributed by atoms with Gasteiger partial charge in [-0.3, -0.25) is 14.9 Å². The van der Waals surface area contributed by atoms with E-state index in [1.54, 1.807) is 0 Å². The number of nitro groups is 1. The topological polar surface area (TPSA) is 103 Å². The number of nitroso groups, excluding NO2 is 1. The Morgan fingerprint density at radius 2 is 2.12 bits per heavy atom. The minimum Gasteiger partial charge on any atom is -0.263 e. The molecule has 84 valence electrons. The van der Waals surface area contributed by atoms with Gasteiger partial charge < -0.3 is 0 Å². The number of aromatic nitrogens is 1. The van der Waals surface area contributed by atoms with Crippen molar-refractivity contribution in [3.05, 3.63) is 51.0 Å². The lowest BCUT2D eigenvalue weighted by molar-refractivity contribution is -0.383. The highest BCUT2D eigenvalue weighted by molar-refractivity contribution is 6.08. The number of carbonyl (C=O) groups is 1. The third-order valence-corrected chi connectivity index (χ3v) is 2.26. The first-order valence-corrected chi connectivity index (χ1v) is 4.55. The van der Waals surface area contributed by atoms with E-state index >= 15 is 0 Å².